The van der Waals surface area contributed by atoms with E-state index in [9.17, 15) is 13.5 Å². The minimum atomic E-state index is -3.41. The highest BCUT2D eigenvalue weighted by molar-refractivity contribution is 7.91. The SMILES string of the molecule is Cc1ccc(S(=O)(=O)N2CCCCC2C2CCCC2O)s1. The monoisotopic (exact) mass is 329 g/mol. The van der Waals surface area contributed by atoms with Crippen molar-refractivity contribution in [2.75, 3.05) is 6.54 Å². The molecule has 3 unspecified atom stereocenters. The van der Waals surface area contributed by atoms with E-state index in [4.69, 9.17) is 0 Å². The number of rotatable bonds is 3. The van der Waals surface area contributed by atoms with Gasteiger partial charge in [0.25, 0.3) is 10.0 Å². The van der Waals surface area contributed by atoms with Crippen LogP contribution in [-0.2, 0) is 10.0 Å². The van der Waals surface area contributed by atoms with E-state index in [1.165, 1.54) is 11.3 Å². The minimum Gasteiger partial charge on any atom is -0.393 e. The molecule has 2 heterocycles. The van der Waals surface area contributed by atoms with Crippen LogP contribution < -0.4 is 0 Å². The lowest BCUT2D eigenvalue weighted by Crippen LogP contribution is -2.49. The van der Waals surface area contributed by atoms with Gasteiger partial charge in [0.2, 0.25) is 0 Å². The molecule has 3 rings (SSSR count). The van der Waals surface area contributed by atoms with Crippen molar-refractivity contribution in [2.24, 2.45) is 5.92 Å². The highest BCUT2D eigenvalue weighted by Crippen LogP contribution is 2.38. The van der Waals surface area contributed by atoms with Crippen molar-refractivity contribution in [2.45, 2.75) is 61.8 Å². The van der Waals surface area contributed by atoms with Gasteiger partial charge in [-0.25, -0.2) is 8.42 Å². The van der Waals surface area contributed by atoms with E-state index in [-0.39, 0.29) is 18.1 Å². The van der Waals surface area contributed by atoms with Gasteiger partial charge in [-0.15, -0.1) is 11.3 Å². The van der Waals surface area contributed by atoms with Gasteiger partial charge >= 0.3 is 0 Å². The van der Waals surface area contributed by atoms with Crippen LogP contribution in [0.4, 0.5) is 0 Å². The molecule has 1 saturated heterocycles. The number of aliphatic hydroxyl groups excluding tert-OH is 1. The smallest absolute Gasteiger partial charge is 0.252 e. The second-order valence-electron chi connectivity index (χ2n) is 6.21. The van der Waals surface area contributed by atoms with Gasteiger partial charge in [-0.05, 0) is 44.7 Å². The molecular formula is C15H23NO3S2. The fraction of sp³-hybridized carbons (Fsp3) is 0.733. The molecule has 1 N–H and O–H groups in total. The number of hydrogen-bond donors (Lipinski definition) is 1. The Morgan fingerprint density at radius 3 is 2.62 bits per heavy atom. The molecule has 1 aliphatic heterocycles. The normalized spacial score (nSPS) is 31.6. The number of nitrogens with zero attached hydrogens (tertiary/aromatic N) is 1. The zero-order chi connectivity index (χ0) is 15.0. The zero-order valence-corrected chi connectivity index (χ0v) is 14.0. The topological polar surface area (TPSA) is 57.6 Å². The third kappa shape index (κ3) is 2.91. The van der Waals surface area contributed by atoms with Crippen molar-refractivity contribution >= 4 is 21.4 Å². The van der Waals surface area contributed by atoms with Crippen LogP contribution in [0.5, 0.6) is 0 Å². The quantitative estimate of drug-likeness (QED) is 0.927. The van der Waals surface area contributed by atoms with Crippen molar-refractivity contribution in [3.8, 4) is 0 Å². The molecule has 0 radical (unpaired) electrons. The largest absolute Gasteiger partial charge is 0.393 e. The van der Waals surface area contributed by atoms with Crippen molar-refractivity contribution < 1.29 is 13.5 Å². The van der Waals surface area contributed by atoms with Gasteiger partial charge in [0, 0.05) is 23.4 Å². The molecule has 0 amide bonds. The molecule has 118 valence electrons. The first-order valence-corrected chi connectivity index (χ1v) is 10.0. The summed E-state index contributed by atoms with van der Waals surface area (Å²) in [6.45, 7) is 2.52. The number of aryl methyl sites for hydroxylation is 1. The molecule has 1 aromatic rings. The Hall–Kier alpha value is -0.430. The maximum atomic E-state index is 12.9. The number of hydrogen-bond acceptors (Lipinski definition) is 4. The molecule has 2 fully saturated rings. The van der Waals surface area contributed by atoms with Crippen molar-refractivity contribution in [1.29, 1.82) is 0 Å². The Kier molecular flexibility index (Phi) is 4.41. The van der Waals surface area contributed by atoms with E-state index in [1.807, 2.05) is 13.0 Å². The van der Waals surface area contributed by atoms with Gasteiger partial charge in [-0.1, -0.05) is 12.8 Å². The molecule has 2 aliphatic rings. The Morgan fingerprint density at radius 1 is 1.19 bits per heavy atom. The van der Waals surface area contributed by atoms with E-state index < -0.39 is 10.0 Å². The third-order valence-corrected chi connectivity index (χ3v) is 8.20. The summed E-state index contributed by atoms with van der Waals surface area (Å²) in [5, 5.41) is 10.2. The van der Waals surface area contributed by atoms with Gasteiger partial charge in [-0.2, -0.15) is 4.31 Å². The summed E-state index contributed by atoms with van der Waals surface area (Å²) < 4.78 is 28.0. The van der Waals surface area contributed by atoms with E-state index in [0.717, 1.165) is 43.4 Å². The first kappa shape index (κ1) is 15.5. The van der Waals surface area contributed by atoms with Crippen LogP contribution in [0.3, 0.4) is 0 Å². The summed E-state index contributed by atoms with van der Waals surface area (Å²) in [4.78, 5) is 1.02. The highest BCUT2D eigenvalue weighted by atomic mass is 32.2. The van der Waals surface area contributed by atoms with Gasteiger partial charge in [0.1, 0.15) is 4.21 Å². The third-order valence-electron chi connectivity index (χ3n) is 4.80. The Morgan fingerprint density at radius 2 is 2.00 bits per heavy atom. The van der Waals surface area contributed by atoms with Crippen LogP contribution in [0.25, 0.3) is 0 Å². The van der Waals surface area contributed by atoms with Crippen molar-refractivity contribution in [1.82, 2.24) is 4.31 Å². The van der Waals surface area contributed by atoms with Gasteiger partial charge < -0.3 is 5.11 Å². The average molecular weight is 329 g/mol. The van der Waals surface area contributed by atoms with E-state index in [2.05, 4.69) is 0 Å². The van der Waals surface area contributed by atoms with Crippen LogP contribution in [0.1, 0.15) is 43.4 Å². The fourth-order valence-corrected chi connectivity index (χ4v) is 6.89. The number of sulfonamides is 1. The Bertz CT molecular complexity index is 596. The standard InChI is InChI=1S/C15H23NO3S2/c1-11-8-9-15(20-11)21(18,19)16-10-3-2-6-13(16)12-5-4-7-14(12)17/h8-9,12-14,17H,2-7,10H2,1H3. The molecule has 6 heteroatoms. The summed E-state index contributed by atoms with van der Waals surface area (Å²) in [6, 6.07) is 3.55. The van der Waals surface area contributed by atoms with Crippen LogP contribution >= 0.6 is 11.3 Å². The molecule has 0 aromatic carbocycles. The summed E-state index contributed by atoms with van der Waals surface area (Å²) in [5.41, 5.74) is 0. The molecule has 1 aromatic heterocycles. The van der Waals surface area contributed by atoms with Crippen LogP contribution in [0.2, 0.25) is 0 Å². The molecule has 21 heavy (non-hydrogen) atoms. The molecular weight excluding hydrogens is 306 g/mol. The van der Waals surface area contributed by atoms with Gasteiger partial charge in [-0.3, -0.25) is 0 Å². The number of piperidine rings is 1. The second kappa shape index (κ2) is 5.99. The number of thiophene rings is 1. The predicted molar refractivity (Wildman–Crippen MR) is 83.9 cm³/mol. The predicted octanol–water partition coefficient (Wildman–Crippen LogP) is 2.76. The minimum absolute atomic E-state index is 0.0244. The lowest BCUT2D eigenvalue weighted by Gasteiger charge is -2.39. The number of aliphatic hydroxyl groups is 1. The van der Waals surface area contributed by atoms with E-state index in [0.29, 0.717) is 10.8 Å². The fourth-order valence-electron chi connectivity index (χ4n) is 3.74. The first-order chi connectivity index (χ1) is 10.00. The second-order valence-corrected chi connectivity index (χ2v) is 9.61. The van der Waals surface area contributed by atoms with Crippen molar-refractivity contribution in [3.63, 3.8) is 0 Å². The van der Waals surface area contributed by atoms with Gasteiger partial charge in [0.05, 0.1) is 6.10 Å². The molecule has 4 nitrogen and oxygen atoms in total. The Balaban J connectivity index is 1.90. The van der Waals surface area contributed by atoms with E-state index >= 15 is 0 Å². The molecule has 0 bridgehead atoms. The molecule has 3 atom stereocenters. The lowest BCUT2D eigenvalue weighted by atomic mass is 9.89. The Labute approximate surface area is 130 Å². The maximum Gasteiger partial charge on any atom is 0.252 e. The zero-order valence-electron chi connectivity index (χ0n) is 12.4. The van der Waals surface area contributed by atoms with Crippen molar-refractivity contribution in [3.05, 3.63) is 17.0 Å². The summed E-state index contributed by atoms with van der Waals surface area (Å²) in [6.07, 6.45) is 5.29. The molecule has 1 saturated carbocycles. The lowest BCUT2D eigenvalue weighted by molar-refractivity contribution is 0.0724. The molecule has 1 aliphatic carbocycles. The summed E-state index contributed by atoms with van der Waals surface area (Å²) >= 11 is 1.34. The van der Waals surface area contributed by atoms with Crippen LogP contribution in [0.15, 0.2) is 16.3 Å². The maximum absolute atomic E-state index is 12.9. The van der Waals surface area contributed by atoms with E-state index in [1.54, 1.807) is 10.4 Å². The first-order valence-electron chi connectivity index (χ1n) is 7.76. The summed E-state index contributed by atoms with van der Waals surface area (Å²) in [5.74, 6) is 0.112. The average Bonchev–Trinajstić information content (AvgIpc) is 3.08. The van der Waals surface area contributed by atoms with Gasteiger partial charge in [0.15, 0.2) is 0 Å². The molecule has 0 spiro atoms. The van der Waals surface area contributed by atoms with Crippen LogP contribution in [-0.4, -0.2) is 36.5 Å². The summed E-state index contributed by atoms with van der Waals surface area (Å²) in [7, 11) is -3.41. The van der Waals surface area contributed by atoms with Crippen LogP contribution in [0, 0.1) is 12.8 Å². The highest BCUT2D eigenvalue weighted by Gasteiger charge is 2.42.